The summed E-state index contributed by atoms with van der Waals surface area (Å²) < 4.78 is 11.2. The zero-order valence-electron chi connectivity index (χ0n) is 16.1. The van der Waals surface area contributed by atoms with Gasteiger partial charge in [-0.25, -0.2) is 0 Å². The molecule has 1 saturated heterocycles. The van der Waals surface area contributed by atoms with E-state index in [0.717, 1.165) is 24.4 Å². The molecule has 0 aliphatic carbocycles. The highest BCUT2D eigenvalue weighted by Gasteiger charge is 2.32. The van der Waals surface area contributed by atoms with Crippen LogP contribution in [0.4, 0.5) is 0 Å². The molecule has 0 aromatic heterocycles. The largest absolute Gasteiger partial charge is 0.493 e. The van der Waals surface area contributed by atoms with Gasteiger partial charge in [0.1, 0.15) is 0 Å². The maximum absolute atomic E-state index is 11.3. The number of nitrogens with zero attached hydrogens (tertiary/aromatic N) is 1. The number of rotatable bonds is 6. The molecule has 0 saturated carbocycles. The molecule has 1 N–H and O–H groups in total. The van der Waals surface area contributed by atoms with Gasteiger partial charge in [-0.1, -0.05) is 42.0 Å². The summed E-state index contributed by atoms with van der Waals surface area (Å²) in [5.74, 6) is 0.479. The van der Waals surface area contributed by atoms with Gasteiger partial charge in [0.2, 0.25) is 0 Å². The third-order valence-corrected chi connectivity index (χ3v) is 5.33. The lowest BCUT2D eigenvalue weighted by molar-refractivity contribution is -0.143. The molecular weight excluding hydrogens is 342 g/mol. The van der Waals surface area contributed by atoms with E-state index in [2.05, 4.69) is 42.2 Å². The monoisotopic (exact) mass is 369 g/mol. The predicted molar refractivity (Wildman–Crippen MR) is 105 cm³/mol. The molecule has 0 spiro atoms. The molecule has 144 valence electrons. The number of hydrogen-bond acceptors (Lipinski definition) is 4. The van der Waals surface area contributed by atoms with Crippen LogP contribution < -0.4 is 9.47 Å². The van der Waals surface area contributed by atoms with Crippen LogP contribution in [0.1, 0.15) is 35.6 Å². The molecule has 0 radical (unpaired) electrons. The molecule has 1 aliphatic rings. The predicted octanol–water partition coefficient (Wildman–Crippen LogP) is 3.90. The molecule has 27 heavy (non-hydrogen) atoms. The average molecular weight is 369 g/mol. The van der Waals surface area contributed by atoms with Crippen LogP contribution in [0.15, 0.2) is 42.5 Å². The summed E-state index contributed by atoms with van der Waals surface area (Å²) in [5, 5.41) is 9.33. The van der Waals surface area contributed by atoms with Gasteiger partial charge in [-0.05, 0) is 44.5 Å². The summed E-state index contributed by atoms with van der Waals surface area (Å²) >= 11 is 0. The van der Waals surface area contributed by atoms with E-state index in [0.29, 0.717) is 18.6 Å². The molecule has 3 rings (SSSR count). The number of aliphatic carboxylic acids is 1. The van der Waals surface area contributed by atoms with Crippen LogP contribution in [0.25, 0.3) is 0 Å². The van der Waals surface area contributed by atoms with E-state index >= 15 is 0 Å². The Hall–Kier alpha value is -2.53. The van der Waals surface area contributed by atoms with Gasteiger partial charge in [0.25, 0.3) is 0 Å². The van der Waals surface area contributed by atoms with E-state index in [4.69, 9.17) is 9.47 Å². The second-order valence-electron chi connectivity index (χ2n) is 7.05. The lowest BCUT2D eigenvalue weighted by atomic mass is 9.90. The minimum Gasteiger partial charge on any atom is -0.493 e. The van der Waals surface area contributed by atoms with E-state index in [1.165, 1.54) is 11.1 Å². The fourth-order valence-corrected chi connectivity index (χ4v) is 3.96. The van der Waals surface area contributed by atoms with Crippen LogP contribution in [0.3, 0.4) is 0 Å². The van der Waals surface area contributed by atoms with Crippen molar-refractivity contribution in [3.8, 4) is 11.5 Å². The van der Waals surface area contributed by atoms with E-state index in [9.17, 15) is 9.90 Å². The highest BCUT2D eigenvalue weighted by atomic mass is 16.5. The molecular formula is C22H27NO4. The third-order valence-electron chi connectivity index (χ3n) is 5.33. The van der Waals surface area contributed by atoms with Crippen molar-refractivity contribution < 1.29 is 19.4 Å². The number of ether oxygens (including phenoxy) is 2. The van der Waals surface area contributed by atoms with Crippen molar-refractivity contribution in [2.45, 2.75) is 25.8 Å². The van der Waals surface area contributed by atoms with Gasteiger partial charge in [-0.15, -0.1) is 0 Å². The Morgan fingerprint density at radius 1 is 1.11 bits per heavy atom. The number of methoxy groups -OCH3 is 2. The normalized spacial score (nSPS) is 16.7. The highest BCUT2D eigenvalue weighted by Crippen LogP contribution is 2.41. The Kier molecular flexibility index (Phi) is 6.01. The van der Waals surface area contributed by atoms with Crippen molar-refractivity contribution in [2.75, 3.05) is 27.3 Å². The number of benzene rings is 2. The number of hydrogen-bond donors (Lipinski definition) is 1. The van der Waals surface area contributed by atoms with Gasteiger partial charge in [-0.3, -0.25) is 9.69 Å². The average Bonchev–Trinajstić information content (AvgIpc) is 2.68. The fraction of sp³-hybridized carbons (Fsp3) is 0.409. The zero-order valence-corrected chi connectivity index (χ0v) is 16.1. The lowest BCUT2D eigenvalue weighted by Crippen LogP contribution is -2.39. The van der Waals surface area contributed by atoms with Crippen LogP contribution in [0.5, 0.6) is 11.5 Å². The highest BCUT2D eigenvalue weighted by molar-refractivity contribution is 5.70. The quantitative estimate of drug-likeness (QED) is 0.837. The number of aryl methyl sites for hydroxylation is 1. The summed E-state index contributed by atoms with van der Waals surface area (Å²) in [6.07, 6.45) is 1.31. The van der Waals surface area contributed by atoms with Crippen molar-refractivity contribution in [1.29, 1.82) is 0 Å². The SMILES string of the molecule is COc1cccc(C(c2cccc(C)c2)N2CCC(C(=O)O)CC2)c1OC. The van der Waals surface area contributed by atoms with Crippen molar-refractivity contribution in [3.63, 3.8) is 0 Å². The van der Waals surface area contributed by atoms with Crippen LogP contribution in [0, 0.1) is 12.8 Å². The second kappa shape index (κ2) is 8.44. The van der Waals surface area contributed by atoms with Gasteiger partial charge in [0.05, 0.1) is 26.2 Å². The fourth-order valence-electron chi connectivity index (χ4n) is 3.96. The summed E-state index contributed by atoms with van der Waals surface area (Å²) in [5.41, 5.74) is 3.41. The van der Waals surface area contributed by atoms with E-state index in [-0.39, 0.29) is 12.0 Å². The zero-order chi connectivity index (χ0) is 19.4. The van der Waals surface area contributed by atoms with Crippen molar-refractivity contribution in [2.24, 2.45) is 5.92 Å². The number of carbonyl (C=O) groups is 1. The number of carboxylic acids is 1. The van der Waals surface area contributed by atoms with Crippen molar-refractivity contribution in [1.82, 2.24) is 4.90 Å². The topological polar surface area (TPSA) is 59.0 Å². The summed E-state index contributed by atoms with van der Waals surface area (Å²) in [6, 6.07) is 14.4. The van der Waals surface area contributed by atoms with Crippen LogP contribution >= 0.6 is 0 Å². The van der Waals surface area contributed by atoms with Gasteiger partial charge in [0.15, 0.2) is 11.5 Å². The van der Waals surface area contributed by atoms with Crippen LogP contribution in [0.2, 0.25) is 0 Å². The molecule has 1 atom stereocenters. The molecule has 2 aromatic carbocycles. The number of carboxylic acid groups (broad SMARTS) is 1. The Bertz CT molecular complexity index is 797. The number of piperidine rings is 1. The van der Waals surface area contributed by atoms with Gasteiger partial charge < -0.3 is 14.6 Å². The van der Waals surface area contributed by atoms with E-state index in [1.54, 1.807) is 14.2 Å². The first kappa shape index (κ1) is 19.2. The van der Waals surface area contributed by atoms with Crippen LogP contribution in [-0.4, -0.2) is 43.3 Å². The standard InChI is InChI=1S/C22H27NO4/c1-15-6-4-7-17(14-15)20(23-12-10-16(11-13-23)22(24)25)18-8-5-9-19(26-2)21(18)27-3/h4-9,14,16,20H,10-13H2,1-3H3,(H,24,25). The Balaban J connectivity index is 2.03. The Morgan fingerprint density at radius 3 is 2.41 bits per heavy atom. The first-order chi connectivity index (χ1) is 13.0. The van der Waals surface area contributed by atoms with Gasteiger partial charge in [0, 0.05) is 5.56 Å². The van der Waals surface area contributed by atoms with Gasteiger partial charge >= 0.3 is 5.97 Å². The van der Waals surface area contributed by atoms with Crippen molar-refractivity contribution >= 4 is 5.97 Å². The molecule has 2 aromatic rings. The first-order valence-electron chi connectivity index (χ1n) is 9.29. The molecule has 1 heterocycles. The summed E-state index contributed by atoms with van der Waals surface area (Å²) in [7, 11) is 3.30. The van der Waals surface area contributed by atoms with Crippen molar-refractivity contribution in [3.05, 3.63) is 59.2 Å². The maximum atomic E-state index is 11.3. The smallest absolute Gasteiger partial charge is 0.306 e. The molecule has 1 aliphatic heterocycles. The minimum absolute atomic E-state index is 0.00954. The molecule has 1 fully saturated rings. The molecule has 0 amide bonds. The second-order valence-corrected chi connectivity index (χ2v) is 7.05. The maximum Gasteiger partial charge on any atom is 0.306 e. The van der Waals surface area contributed by atoms with E-state index in [1.807, 2.05) is 12.1 Å². The van der Waals surface area contributed by atoms with E-state index < -0.39 is 5.97 Å². The molecule has 0 bridgehead atoms. The third kappa shape index (κ3) is 4.08. The van der Waals surface area contributed by atoms with Crippen LogP contribution in [-0.2, 0) is 4.79 Å². The van der Waals surface area contributed by atoms with Gasteiger partial charge in [-0.2, -0.15) is 0 Å². The number of likely N-dealkylation sites (tertiary alicyclic amines) is 1. The lowest BCUT2D eigenvalue weighted by Gasteiger charge is -2.37. The number of para-hydroxylation sites is 1. The first-order valence-corrected chi connectivity index (χ1v) is 9.29. The Morgan fingerprint density at radius 2 is 1.81 bits per heavy atom. The molecule has 5 nitrogen and oxygen atoms in total. The molecule has 5 heteroatoms. The Labute approximate surface area is 160 Å². The molecule has 1 unspecified atom stereocenters. The summed E-state index contributed by atoms with van der Waals surface area (Å²) in [4.78, 5) is 13.7. The summed E-state index contributed by atoms with van der Waals surface area (Å²) in [6.45, 7) is 3.55. The minimum atomic E-state index is -0.694.